The average molecular weight is 1770 g/mol. The van der Waals surface area contributed by atoms with Gasteiger partial charge in [0.15, 0.2) is 69.2 Å². The number of benzene rings is 3. The van der Waals surface area contributed by atoms with Gasteiger partial charge in [-0.15, -0.1) is 0 Å². The summed E-state index contributed by atoms with van der Waals surface area (Å²) < 4.78 is 142. The van der Waals surface area contributed by atoms with Crippen molar-refractivity contribution in [1.82, 2.24) is 10.6 Å². The summed E-state index contributed by atoms with van der Waals surface area (Å²) in [5.41, 5.74) is 10.5. The van der Waals surface area contributed by atoms with Gasteiger partial charge in [0.2, 0.25) is 11.8 Å². The molecule has 2 amide bonds. The van der Waals surface area contributed by atoms with Crippen LogP contribution in [0.3, 0.4) is 0 Å². The molecule has 0 radical (unpaired) electrons. The van der Waals surface area contributed by atoms with Gasteiger partial charge in [0.05, 0.1) is 71.2 Å². The molecule has 11 aliphatic heterocycles. The largest absolute Gasteiger partial charge is 0.394 e. The molecule has 43 heteroatoms. The van der Waals surface area contributed by atoms with E-state index in [9.17, 15) is 81.1 Å². The minimum Gasteiger partial charge on any atom is -0.394 e. The molecular weight excluding hydrogens is 1650 g/mol. The number of hydrogen-bond acceptors (Lipinski definition) is 39. The summed E-state index contributed by atoms with van der Waals surface area (Å²) >= 11 is 0. The monoisotopic (exact) mass is 1770 g/mol. The molecule has 0 saturated carbocycles. The molecule has 0 aromatic heterocycles. The van der Waals surface area contributed by atoms with Crippen LogP contribution in [0.5, 0.6) is 0 Å². The van der Waals surface area contributed by atoms with Crippen LogP contribution in [0, 0.1) is 17.8 Å². The third-order valence-corrected chi connectivity index (χ3v) is 24.3. The van der Waals surface area contributed by atoms with Gasteiger partial charge in [-0.05, 0) is 18.4 Å². The Balaban J connectivity index is 0.694. The number of aliphatic hydroxyl groups excluding tert-OH is 14. The zero-order valence-corrected chi connectivity index (χ0v) is 68.6. The predicted octanol–water partition coefficient (Wildman–Crippen LogP) is -3.55. The minimum atomic E-state index is -2.06. The lowest BCUT2D eigenvalue weighted by Gasteiger charge is -2.50. The molecule has 3 aromatic carbocycles. The first-order valence-electron chi connectivity index (χ1n) is 42.0. The number of nitrogens with one attached hydrogen (secondary N) is 2. The van der Waals surface area contributed by atoms with Crippen LogP contribution in [0.1, 0.15) is 89.4 Å². The number of ether oxygens (including phenoxy) is 22. The number of azide groups is 1. The van der Waals surface area contributed by atoms with Crippen molar-refractivity contribution in [2.24, 2.45) is 22.9 Å². The molecule has 11 saturated heterocycles. The fraction of sp³-hybridized carbons (Fsp3) is 0.753. The first-order chi connectivity index (χ1) is 59.8. The van der Waals surface area contributed by atoms with Crippen molar-refractivity contribution in [2.45, 2.75) is 300 Å². The fourth-order valence-corrected chi connectivity index (χ4v) is 17.8. The second-order valence-corrected chi connectivity index (χ2v) is 32.8. The Labute approximate surface area is 712 Å². The van der Waals surface area contributed by atoms with Gasteiger partial charge in [-0.1, -0.05) is 123 Å². The molecule has 0 aliphatic carbocycles. The number of carbonyl (C=O) groups is 2. The number of fused-ring (bicyclic) bond motifs is 3. The first-order valence-corrected chi connectivity index (χ1v) is 42.0. The normalized spacial score (nSPS) is 43.2. The molecule has 11 heterocycles. The second-order valence-electron chi connectivity index (χ2n) is 32.8. The van der Waals surface area contributed by atoms with Crippen LogP contribution >= 0.6 is 0 Å². The quantitative estimate of drug-likeness (QED) is 0.0117. The lowest BCUT2D eigenvalue weighted by molar-refractivity contribution is -0.374. The molecule has 43 atom stereocenters. The van der Waals surface area contributed by atoms with E-state index in [1.54, 1.807) is 74.5 Å². The van der Waals surface area contributed by atoms with Crippen molar-refractivity contribution in [3.05, 3.63) is 118 Å². The molecule has 3 aromatic rings. The highest BCUT2D eigenvalue weighted by Gasteiger charge is 2.63. The van der Waals surface area contributed by atoms with Gasteiger partial charge in [-0.2, -0.15) is 0 Å². The zero-order chi connectivity index (χ0) is 87.9. The Morgan fingerprint density at radius 1 is 0.427 bits per heavy atom. The molecule has 14 rings (SSSR count). The smallest absolute Gasteiger partial charge is 0.217 e. The molecule has 43 nitrogen and oxygen atoms in total. The summed E-state index contributed by atoms with van der Waals surface area (Å²) in [7, 11) is 0. The number of amides is 2. The molecule has 11 fully saturated rings. The highest BCUT2D eigenvalue weighted by atomic mass is 16.8. The van der Waals surface area contributed by atoms with Gasteiger partial charge >= 0.3 is 0 Å². The van der Waals surface area contributed by atoms with Crippen molar-refractivity contribution in [3.8, 4) is 0 Å². The van der Waals surface area contributed by atoms with Crippen molar-refractivity contribution in [2.75, 3.05) is 66.0 Å². The van der Waals surface area contributed by atoms with E-state index in [0.717, 1.165) is 13.8 Å². The van der Waals surface area contributed by atoms with E-state index in [4.69, 9.17) is 110 Å². The van der Waals surface area contributed by atoms with Crippen LogP contribution in [0.2, 0.25) is 0 Å². The van der Waals surface area contributed by atoms with Crippen molar-refractivity contribution in [1.29, 1.82) is 0 Å². The highest BCUT2D eigenvalue weighted by Crippen LogP contribution is 2.47. The van der Waals surface area contributed by atoms with E-state index in [-0.39, 0.29) is 26.4 Å². The topological polar surface area (TPSA) is 593 Å². The van der Waals surface area contributed by atoms with Crippen molar-refractivity contribution in [3.63, 3.8) is 0 Å². The molecule has 33 unspecified atom stereocenters. The standard InChI is InChI=1S/C81H115N5O38/c1-34-45(29-90)107-72(123-69-56(101)81(116-61(69)43(95)27-88)113-59-36(3)71(103-25-17-9-16-24-83-86-82)109-47-31-104-73(118-64(47)59)39-18-10-6-11-19-39)35(2)58(34)112-80-57(102)70(62(115-80)44(96)28-89)124-77-51(85-38(5)93)68(66-49(111-77)33-106-75(120-66)41-22-14-8-15-23-41)122-79-55(100)53(98)63(117-79)46(30-91)108-76-50(84-37(4)92)67(121-78-54(99)52(97)60(114-78)42(94)26-87)65-48(110-76)32-105-74(119-65)40-20-12-7-13-21-40/h6-8,10-15,18-23,34-36,42-81,87-91,94-102H,9,16-17,24-33H2,1-5H3,(H,84,92)(H,85,93)/t34?,35?,36?,42-,43-,44-,45?,46-,47?,48?,49?,50?,51?,52+,53+,54?,55?,56?,57?,58?,59?,60+,61?,62?,63+,64?,65?,66?,67?,68?,69?,70?,71?,72?,73?,74?,75?,76?,77?,78+,79+,80?,81?/m1/s1. The van der Waals surface area contributed by atoms with Gasteiger partial charge in [-0.3, -0.25) is 9.59 Å². The molecule has 16 N–H and O–H groups in total. The maximum absolute atomic E-state index is 13.7. The molecule has 124 heavy (non-hydrogen) atoms. The summed E-state index contributed by atoms with van der Waals surface area (Å²) in [4.78, 5) is 29.9. The van der Waals surface area contributed by atoms with E-state index in [1.807, 2.05) is 37.3 Å². The van der Waals surface area contributed by atoms with Crippen molar-refractivity contribution >= 4 is 11.8 Å². The maximum Gasteiger partial charge on any atom is 0.217 e. The molecule has 0 spiro atoms. The first kappa shape index (κ1) is 94.6. The SMILES string of the molecule is CC(=O)NC1C(O[C@H](CO)[C@@H]2O[C@@H](OC3C(NC(C)=O)C(OC4C(O)C(OC5C(C)C(CO)OC(OC6C(O)C(OC7C(C)C(OCCCCCN=[N+]=[N-])OC8COC(c9ccccc9)OC87)OC6[C@H](O)CO)C5C)OC4[C@H](O)CO)OC4COC(c5ccccc5)OC43)C(O)[C@@H]2O)OC2COC(c3ccccc3)OC2C1O[C@@H]1O[C@@H]([C@H](O)CO)[C@@H](O)C1O. The van der Waals surface area contributed by atoms with Crippen LogP contribution in [0.15, 0.2) is 96.1 Å². The Morgan fingerprint density at radius 3 is 1.29 bits per heavy atom. The number of nitrogens with zero attached hydrogens (tertiary/aromatic N) is 3. The lowest BCUT2D eigenvalue weighted by Crippen LogP contribution is -2.69. The van der Waals surface area contributed by atoms with E-state index < -0.39 is 309 Å². The average Bonchev–Trinajstić information content (AvgIpc) is 1.40. The Morgan fingerprint density at radius 2 is 0.823 bits per heavy atom. The summed E-state index contributed by atoms with van der Waals surface area (Å²) in [5, 5.41) is 168. The molecular formula is C81H115N5O38. The van der Waals surface area contributed by atoms with Gasteiger partial charge < -0.3 is 186 Å². The van der Waals surface area contributed by atoms with E-state index in [2.05, 4.69) is 20.7 Å². The Kier molecular flexibility index (Phi) is 32.8. The Bertz CT molecular complexity index is 3870. The lowest BCUT2D eigenvalue weighted by atomic mass is 9.85. The predicted molar refractivity (Wildman–Crippen MR) is 409 cm³/mol. The van der Waals surface area contributed by atoms with Gasteiger partial charge in [-0.25, -0.2) is 0 Å². The van der Waals surface area contributed by atoms with Crippen molar-refractivity contribution < 1.29 is 185 Å². The number of carbonyl (C=O) groups excluding carboxylic acids is 2. The van der Waals surface area contributed by atoms with Crippen LogP contribution < -0.4 is 10.6 Å². The number of rotatable bonds is 35. The van der Waals surface area contributed by atoms with E-state index in [0.29, 0.717) is 42.5 Å². The second kappa shape index (κ2) is 43.0. The van der Waals surface area contributed by atoms with Crippen LogP contribution in [0.25, 0.3) is 10.4 Å². The van der Waals surface area contributed by atoms with Crippen LogP contribution in [-0.4, -0.2) is 377 Å². The molecule has 11 aliphatic rings. The van der Waals surface area contributed by atoms with Crippen LogP contribution in [0.4, 0.5) is 0 Å². The number of unbranched alkanes of at least 4 members (excludes halogenated alkanes) is 2. The summed E-state index contributed by atoms with van der Waals surface area (Å²) in [6.45, 7) is 3.04. The van der Waals surface area contributed by atoms with E-state index in [1.165, 1.54) is 0 Å². The minimum absolute atomic E-state index is 0.0418. The van der Waals surface area contributed by atoms with E-state index >= 15 is 0 Å². The summed E-state index contributed by atoms with van der Waals surface area (Å²) in [5.74, 6) is -3.84. The molecule has 692 valence electrons. The number of aliphatic hydroxyl groups is 14. The number of hydrogen-bond donors (Lipinski definition) is 16. The van der Waals surface area contributed by atoms with Crippen LogP contribution in [-0.2, 0) is 114 Å². The Hall–Kier alpha value is -5.53. The zero-order valence-electron chi connectivity index (χ0n) is 68.6. The molecule has 0 bridgehead atoms. The third-order valence-electron chi connectivity index (χ3n) is 24.3. The maximum atomic E-state index is 13.7. The highest BCUT2D eigenvalue weighted by molar-refractivity contribution is 5.73. The summed E-state index contributed by atoms with van der Waals surface area (Å²) in [6, 6.07) is 23.4. The third kappa shape index (κ3) is 20.9. The van der Waals surface area contributed by atoms with Gasteiger partial charge in [0.25, 0.3) is 0 Å². The van der Waals surface area contributed by atoms with Gasteiger partial charge in [0, 0.05) is 66.4 Å². The van der Waals surface area contributed by atoms with Gasteiger partial charge in [0.1, 0.15) is 159 Å². The summed E-state index contributed by atoms with van der Waals surface area (Å²) in [6.07, 6.45) is -55.5. The fourth-order valence-electron chi connectivity index (χ4n) is 17.8.